The van der Waals surface area contributed by atoms with Crippen LogP contribution in [0.2, 0.25) is 0 Å². The van der Waals surface area contributed by atoms with Gasteiger partial charge in [-0.15, -0.1) is 0 Å². The van der Waals surface area contributed by atoms with Crippen molar-refractivity contribution in [3.05, 3.63) is 71.9 Å². The molecule has 0 aliphatic rings. The maximum absolute atomic E-state index is 12.0. The van der Waals surface area contributed by atoms with Crippen LogP contribution in [0.5, 0.6) is 0 Å². The lowest BCUT2D eigenvalue weighted by Crippen LogP contribution is -2.23. The Morgan fingerprint density at radius 2 is 1.81 bits per heavy atom. The Morgan fingerprint density at radius 1 is 1.05 bits per heavy atom. The third kappa shape index (κ3) is 3.13. The average Bonchev–Trinajstić information content (AvgIpc) is 2.96. The predicted octanol–water partition coefficient (Wildman–Crippen LogP) is 2.95. The SMILES string of the molecule is O=C(NCC#Cc1ccccc1)c1cc2ccccc2[nH]1. The molecule has 0 aliphatic heterocycles. The van der Waals surface area contributed by atoms with Gasteiger partial charge >= 0.3 is 0 Å². The van der Waals surface area contributed by atoms with Crippen molar-refractivity contribution in [3.8, 4) is 11.8 Å². The number of para-hydroxylation sites is 1. The number of amides is 1. The van der Waals surface area contributed by atoms with E-state index in [-0.39, 0.29) is 5.91 Å². The summed E-state index contributed by atoms with van der Waals surface area (Å²) < 4.78 is 0. The van der Waals surface area contributed by atoms with Gasteiger partial charge in [-0.25, -0.2) is 0 Å². The Bertz CT molecular complexity index is 789. The molecule has 0 bridgehead atoms. The zero-order chi connectivity index (χ0) is 14.5. The first-order valence-electron chi connectivity index (χ1n) is 6.73. The Hall–Kier alpha value is -2.99. The number of fused-ring (bicyclic) bond motifs is 1. The Labute approximate surface area is 123 Å². The van der Waals surface area contributed by atoms with E-state index in [4.69, 9.17) is 0 Å². The molecule has 3 aromatic rings. The van der Waals surface area contributed by atoms with E-state index in [2.05, 4.69) is 22.1 Å². The summed E-state index contributed by atoms with van der Waals surface area (Å²) in [4.78, 5) is 15.1. The van der Waals surface area contributed by atoms with Gasteiger partial charge in [-0.2, -0.15) is 0 Å². The molecule has 0 saturated carbocycles. The van der Waals surface area contributed by atoms with Crippen molar-refractivity contribution in [1.29, 1.82) is 0 Å². The second-order valence-corrected chi connectivity index (χ2v) is 4.62. The normalized spacial score (nSPS) is 9.90. The van der Waals surface area contributed by atoms with E-state index in [1.165, 1.54) is 0 Å². The first kappa shape index (κ1) is 13.0. The van der Waals surface area contributed by atoms with E-state index in [9.17, 15) is 4.79 Å². The van der Waals surface area contributed by atoms with Gasteiger partial charge in [0, 0.05) is 16.5 Å². The molecule has 3 heteroatoms. The van der Waals surface area contributed by atoms with Crippen molar-refractivity contribution in [2.45, 2.75) is 0 Å². The molecule has 2 N–H and O–H groups in total. The number of aromatic nitrogens is 1. The second kappa shape index (κ2) is 5.98. The highest BCUT2D eigenvalue weighted by Gasteiger charge is 2.07. The van der Waals surface area contributed by atoms with Gasteiger partial charge < -0.3 is 10.3 Å². The maximum atomic E-state index is 12.0. The second-order valence-electron chi connectivity index (χ2n) is 4.62. The zero-order valence-electron chi connectivity index (χ0n) is 11.4. The average molecular weight is 274 g/mol. The lowest BCUT2D eigenvalue weighted by molar-refractivity contribution is 0.0954. The summed E-state index contributed by atoms with van der Waals surface area (Å²) in [6, 6.07) is 19.3. The van der Waals surface area contributed by atoms with Crippen molar-refractivity contribution >= 4 is 16.8 Å². The van der Waals surface area contributed by atoms with Gasteiger partial charge in [0.25, 0.3) is 5.91 Å². The van der Waals surface area contributed by atoms with Crippen molar-refractivity contribution in [3.63, 3.8) is 0 Å². The van der Waals surface area contributed by atoms with Gasteiger partial charge in [0.2, 0.25) is 0 Å². The molecule has 3 nitrogen and oxygen atoms in total. The molecular weight excluding hydrogens is 260 g/mol. The standard InChI is InChI=1S/C18H14N2O/c21-18(17-13-15-10-4-5-11-16(15)20-17)19-12-6-9-14-7-2-1-3-8-14/h1-5,7-8,10-11,13,20H,12H2,(H,19,21). The Balaban J connectivity index is 1.63. The number of rotatable bonds is 2. The van der Waals surface area contributed by atoms with Crippen LogP contribution in [0, 0.1) is 11.8 Å². The fraction of sp³-hybridized carbons (Fsp3) is 0.0556. The lowest BCUT2D eigenvalue weighted by atomic mass is 10.2. The summed E-state index contributed by atoms with van der Waals surface area (Å²) in [7, 11) is 0. The lowest BCUT2D eigenvalue weighted by Gasteiger charge is -1.97. The van der Waals surface area contributed by atoms with E-state index in [0.29, 0.717) is 12.2 Å². The summed E-state index contributed by atoms with van der Waals surface area (Å²) in [6.45, 7) is 0.323. The van der Waals surface area contributed by atoms with E-state index in [1.807, 2.05) is 60.7 Å². The minimum atomic E-state index is -0.145. The molecule has 3 rings (SSSR count). The van der Waals surface area contributed by atoms with Crippen LogP contribution < -0.4 is 5.32 Å². The first-order valence-corrected chi connectivity index (χ1v) is 6.73. The maximum Gasteiger partial charge on any atom is 0.268 e. The predicted molar refractivity (Wildman–Crippen MR) is 84.0 cm³/mol. The molecular formula is C18H14N2O. The molecule has 1 aromatic heterocycles. The molecule has 1 heterocycles. The van der Waals surface area contributed by atoms with E-state index in [0.717, 1.165) is 16.5 Å². The monoisotopic (exact) mass is 274 g/mol. The highest BCUT2D eigenvalue weighted by atomic mass is 16.1. The van der Waals surface area contributed by atoms with Crippen molar-refractivity contribution in [2.24, 2.45) is 0 Å². The van der Waals surface area contributed by atoms with E-state index < -0.39 is 0 Å². The molecule has 0 unspecified atom stereocenters. The summed E-state index contributed by atoms with van der Waals surface area (Å²) in [5, 5.41) is 3.81. The summed E-state index contributed by atoms with van der Waals surface area (Å²) in [6.07, 6.45) is 0. The number of nitrogens with one attached hydrogen (secondary N) is 2. The molecule has 0 spiro atoms. The molecule has 0 radical (unpaired) electrons. The Morgan fingerprint density at radius 3 is 2.62 bits per heavy atom. The summed E-state index contributed by atoms with van der Waals surface area (Å²) in [5.41, 5.74) is 2.45. The van der Waals surface area contributed by atoms with Crippen molar-refractivity contribution in [2.75, 3.05) is 6.54 Å². The van der Waals surface area contributed by atoms with Gasteiger partial charge in [0.1, 0.15) is 5.69 Å². The van der Waals surface area contributed by atoms with Crippen LogP contribution >= 0.6 is 0 Å². The van der Waals surface area contributed by atoms with Crippen LogP contribution in [-0.2, 0) is 0 Å². The molecule has 1 amide bonds. The number of hydrogen-bond acceptors (Lipinski definition) is 1. The Kier molecular flexibility index (Phi) is 3.70. The summed E-state index contributed by atoms with van der Waals surface area (Å²) >= 11 is 0. The van der Waals surface area contributed by atoms with Crippen LogP contribution in [0.4, 0.5) is 0 Å². The summed E-state index contributed by atoms with van der Waals surface area (Å²) in [5.74, 6) is 5.80. The quantitative estimate of drug-likeness (QED) is 0.693. The first-order chi connectivity index (χ1) is 10.3. The molecule has 0 aliphatic carbocycles. The zero-order valence-corrected chi connectivity index (χ0v) is 11.4. The van der Waals surface area contributed by atoms with Gasteiger partial charge in [-0.1, -0.05) is 48.2 Å². The van der Waals surface area contributed by atoms with Crippen LogP contribution in [0.25, 0.3) is 10.9 Å². The van der Waals surface area contributed by atoms with Crippen LogP contribution in [-0.4, -0.2) is 17.4 Å². The molecule has 0 fully saturated rings. The number of benzene rings is 2. The van der Waals surface area contributed by atoms with Crippen molar-refractivity contribution < 1.29 is 4.79 Å². The smallest absolute Gasteiger partial charge is 0.268 e. The van der Waals surface area contributed by atoms with Crippen LogP contribution in [0.3, 0.4) is 0 Å². The molecule has 102 valence electrons. The number of carbonyl (C=O) groups is 1. The van der Waals surface area contributed by atoms with Crippen LogP contribution in [0.1, 0.15) is 16.1 Å². The molecule has 2 aromatic carbocycles. The fourth-order valence-electron chi connectivity index (χ4n) is 2.08. The van der Waals surface area contributed by atoms with Gasteiger partial charge in [-0.3, -0.25) is 4.79 Å². The third-order valence-corrected chi connectivity index (χ3v) is 3.12. The largest absolute Gasteiger partial charge is 0.351 e. The topological polar surface area (TPSA) is 44.9 Å². The highest BCUT2D eigenvalue weighted by Crippen LogP contribution is 2.14. The minimum Gasteiger partial charge on any atom is -0.351 e. The van der Waals surface area contributed by atoms with E-state index in [1.54, 1.807) is 0 Å². The third-order valence-electron chi connectivity index (χ3n) is 3.12. The molecule has 0 atom stereocenters. The molecule has 0 saturated heterocycles. The van der Waals surface area contributed by atoms with E-state index >= 15 is 0 Å². The van der Waals surface area contributed by atoms with Gasteiger partial charge in [-0.05, 0) is 24.3 Å². The van der Waals surface area contributed by atoms with Gasteiger partial charge in [0.05, 0.1) is 6.54 Å². The number of aromatic amines is 1. The number of carbonyl (C=O) groups excluding carboxylic acids is 1. The molecule has 21 heavy (non-hydrogen) atoms. The highest BCUT2D eigenvalue weighted by molar-refractivity contribution is 5.98. The number of H-pyrrole nitrogens is 1. The van der Waals surface area contributed by atoms with Crippen LogP contribution in [0.15, 0.2) is 60.7 Å². The minimum absolute atomic E-state index is 0.145. The van der Waals surface area contributed by atoms with Crippen molar-refractivity contribution in [1.82, 2.24) is 10.3 Å². The number of hydrogen-bond donors (Lipinski definition) is 2. The fourth-order valence-corrected chi connectivity index (χ4v) is 2.08. The van der Waals surface area contributed by atoms with Gasteiger partial charge in [0.15, 0.2) is 0 Å².